The lowest BCUT2D eigenvalue weighted by Gasteiger charge is -2.03. The predicted octanol–water partition coefficient (Wildman–Crippen LogP) is 4.08. The standard InChI is InChI=1S/C22H17N3O3/c23-10-5-11-25-13-18(16-7-2-4-9-20(16)25)21(26)14-28-22(27)17-12-24-19-8-3-1-6-15(17)19/h1-4,6-9,12-13,24H,5,11,14H2. The Morgan fingerprint density at radius 2 is 1.79 bits per heavy atom. The molecule has 0 aliphatic rings. The Hall–Kier alpha value is -3.85. The summed E-state index contributed by atoms with van der Waals surface area (Å²) >= 11 is 0. The van der Waals surface area contributed by atoms with Crippen molar-refractivity contribution in [1.82, 2.24) is 9.55 Å². The van der Waals surface area contributed by atoms with Crippen LogP contribution in [0.15, 0.2) is 60.9 Å². The smallest absolute Gasteiger partial charge is 0.340 e. The van der Waals surface area contributed by atoms with Gasteiger partial charge in [0, 0.05) is 46.3 Å². The highest BCUT2D eigenvalue weighted by Crippen LogP contribution is 2.23. The molecule has 0 amide bonds. The lowest BCUT2D eigenvalue weighted by atomic mass is 10.1. The van der Waals surface area contributed by atoms with E-state index in [2.05, 4.69) is 11.1 Å². The minimum Gasteiger partial charge on any atom is -0.454 e. The number of esters is 1. The summed E-state index contributed by atoms with van der Waals surface area (Å²) in [6, 6.07) is 17.0. The van der Waals surface area contributed by atoms with E-state index in [0.717, 1.165) is 21.8 Å². The Bertz CT molecular complexity index is 1230. The molecule has 0 spiro atoms. The van der Waals surface area contributed by atoms with E-state index in [1.165, 1.54) is 0 Å². The van der Waals surface area contributed by atoms with Crippen LogP contribution in [0.4, 0.5) is 0 Å². The van der Waals surface area contributed by atoms with Gasteiger partial charge in [0.2, 0.25) is 5.78 Å². The van der Waals surface area contributed by atoms with Crippen LogP contribution in [-0.2, 0) is 11.3 Å². The fraction of sp³-hybridized carbons (Fsp3) is 0.136. The number of carbonyl (C=O) groups excluding carboxylic acids is 2. The second kappa shape index (κ2) is 7.41. The first-order valence-corrected chi connectivity index (χ1v) is 8.90. The maximum absolute atomic E-state index is 12.7. The first kappa shape index (κ1) is 17.6. The summed E-state index contributed by atoms with van der Waals surface area (Å²) in [4.78, 5) is 28.2. The molecule has 0 bridgehead atoms. The highest BCUT2D eigenvalue weighted by molar-refractivity contribution is 6.10. The normalized spacial score (nSPS) is 10.8. The molecule has 0 fully saturated rings. The first-order valence-electron chi connectivity index (χ1n) is 8.90. The SMILES string of the molecule is N#CCCn1cc(C(=O)COC(=O)c2c[nH]c3ccccc23)c2ccccc21. The number of H-pyrrole nitrogens is 1. The number of para-hydroxylation sites is 2. The van der Waals surface area contributed by atoms with Gasteiger partial charge in [0.25, 0.3) is 0 Å². The largest absolute Gasteiger partial charge is 0.454 e. The number of fused-ring (bicyclic) bond motifs is 2. The Labute approximate surface area is 160 Å². The maximum atomic E-state index is 12.7. The molecule has 0 aliphatic heterocycles. The van der Waals surface area contributed by atoms with E-state index in [1.54, 1.807) is 12.4 Å². The molecular weight excluding hydrogens is 354 g/mol. The number of nitriles is 1. The molecule has 28 heavy (non-hydrogen) atoms. The molecule has 0 saturated heterocycles. The molecule has 0 atom stereocenters. The van der Waals surface area contributed by atoms with Crippen LogP contribution in [0.5, 0.6) is 0 Å². The molecule has 0 aliphatic carbocycles. The zero-order valence-electron chi connectivity index (χ0n) is 15.0. The van der Waals surface area contributed by atoms with E-state index in [1.807, 2.05) is 53.1 Å². The summed E-state index contributed by atoms with van der Waals surface area (Å²) < 4.78 is 7.16. The zero-order chi connectivity index (χ0) is 19.5. The quantitative estimate of drug-likeness (QED) is 0.409. The van der Waals surface area contributed by atoms with Crippen molar-refractivity contribution in [3.63, 3.8) is 0 Å². The van der Waals surface area contributed by atoms with Gasteiger partial charge in [0.15, 0.2) is 6.61 Å². The maximum Gasteiger partial charge on any atom is 0.340 e. The summed E-state index contributed by atoms with van der Waals surface area (Å²) in [6.07, 6.45) is 3.66. The third kappa shape index (κ3) is 3.14. The number of ketones is 1. The molecule has 0 radical (unpaired) electrons. The highest BCUT2D eigenvalue weighted by Gasteiger charge is 2.18. The molecule has 0 saturated carbocycles. The molecule has 0 unspecified atom stereocenters. The van der Waals surface area contributed by atoms with Gasteiger partial charge in [-0.1, -0.05) is 36.4 Å². The van der Waals surface area contributed by atoms with Crippen molar-refractivity contribution in [2.45, 2.75) is 13.0 Å². The number of hydrogen-bond acceptors (Lipinski definition) is 4. The van der Waals surface area contributed by atoms with E-state index >= 15 is 0 Å². The topological polar surface area (TPSA) is 87.9 Å². The fourth-order valence-corrected chi connectivity index (χ4v) is 3.35. The van der Waals surface area contributed by atoms with Gasteiger partial charge in [0.05, 0.1) is 18.1 Å². The van der Waals surface area contributed by atoms with Crippen molar-refractivity contribution in [2.75, 3.05) is 6.61 Å². The van der Waals surface area contributed by atoms with Crippen molar-refractivity contribution >= 4 is 33.6 Å². The van der Waals surface area contributed by atoms with Gasteiger partial charge >= 0.3 is 5.97 Å². The summed E-state index contributed by atoms with van der Waals surface area (Å²) in [6.45, 7) is 0.157. The van der Waals surface area contributed by atoms with Gasteiger partial charge in [-0.3, -0.25) is 4.79 Å². The van der Waals surface area contributed by atoms with Gasteiger partial charge in [0.1, 0.15) is 0 Å². The van der Waals surface area contributed by atoms with Gasteiger partial charge in [-0.2, -0.15) is 5.26 Å². The number of rotatable bonds is 6. The highest BCUT2D eigenvalue weighted by atomic mass is 16.5. The third-order valence-corrected chi connectivity index (χ3v) is 4.70. The molecular formula is C22H17N3O3. The summed E-state index contributed by atoms with van der Waals surface area (Å²) in [5.74, 6) is -0.820. The van der Waals surface area contributed by atoms with Crippen LogP contribution >= 0.6 is 0 Å². The lowest BCUT2D eigenvalue weighted by molar-refractivity contribution is 0.0477. The Morgan fingerprint density at radius 3 is 2.61 bits per heavy atom. The minimum atomic E-state index is -0.543. The third-order valence-electron chi connectivity index (χ3n) is 4.70. The van der Waals surface area contributed by atoms with Crippen molar-refractivity contribution < 1.29 is 14.3 Å². The van der Waals surface area contributed by atoms with Gasteiger partial charge in [-0.05, 0) is 12.1 Å². The number of hydrogen-bond donors (Lipinski definition) is 1. The molecule has 6 heteroatoms. The van der Waals surface area contributed by atoms with E-state index in [9.17, 15) is 9.59 Å². The monoisotopic (exact) mass is 371 g/mol. The number of ether oxygens (including phenoxy) is 1. The predicted molar refractivity (Wildman–Crippen MR) is 105 cm³/mol. The van der Waals surface area contributed by atoms with Crippen LogP contribution in [0.3, 0.4) is 0 Å². The number of aromatic nitrogens is 2. The van der Waals surface area contributed by atoms with Crippen molar-refractivity contribution in [2.24, 2.45) is 0 Å². The number of Topliss-reactive ketones (excluding diaryl/α,β-unsaturated/α-hetero) is 1. The average molecular weight is 371 g/mol. The van der Waals surface area contributed by atoms with Crippen LogP contribution in [0.1, 0.15) is 27.1 Å². The van der Waals surface area contributed by atoms with Gasteiger partial charge in [-0.25, -0.2) is 4.79 Å². The van der Waals surface area contributed by atoms with E-state index in [4.69, 9.17) is 10.00 Å². The number of aromatic amines is 1. The molecule has 1 N–H and O–H groups in total. The number of benzene rings is 2. The Kier molecular flexibility index (Phi) is 4.65. The van der Waals surface area contributed by atoms with Crippen LogP contribution in [-0.4, -0.2) is 27.9 Å². The molecule has 2 aromatic heterocycles. The van der Waals surface area contributed by atoms with Gasteiger partial charge < -0.3 is 14.3 Å². The number of aryl methyl sites for hydroxylation is 1. The Morgan fingerprint density at radius 1 is 1.04 bits per heavy atom. The van der Waals surface area contributed by atoms with Crippen LogP contribution in [0, 0.1) is 11.3 Å². The van der Waals surface area contributed by atoms with E-state index in [-0.39, 0.29) is 12.4 Å². The Balaban J connectivity index is 1.54. The zero-order valence-corrected chi connectivity index (χ0v) is 15.0. The van der Waals surface area contributed by atoms with Crippen molar-refractivity contribution in [3.8, 4) is 6.07 Å². The fourth-order valence-electron chi connectivity index (χ4n) is 3.35. The van der Waals surface area contributed by atoms with Crippen molar-refractivity contribution in [1.29, 1.82) is 5.26 Å². The van der Waals surface area contributed by atoms with Gasteiger partial charge in [-0.15, -0.1) is 0 Å². The summed E-state index contributed by atoms with van der Waals surface area (Å²) in [5, 5.41) is 10.4. The number of nitrogens with zero attached hydrogens (tertiary/aromatic N) is 2. The first-order chi connectivity index (χ1) is 13.7. The summed E-state index contributed by atoms with van der Waals surface area (Å²) in [5.41, 5.74) is 2.60. The van der Waals surface area contributed by atoms with Crippen LogP contribution in [0.25, 0.3) is 21.8 Å². The number of carbonyl (C=O) groups is 2. The minimum absolute atomic E-state index is 0.278. The average Bonchev–Trinajstić information content (AvgIpc) is 3.32. The molecule has 2 heterocycles. The molecule has 2 aromatic carbocycles. The summed E-state index contributed by atoms with van der Waals surface area (Å²) in [7, 11) is 0. The van der Waals surface area contributed by atoms with Crippen molar-refractivity contribution in [3.05, 3.63) is 72.1 Å². The second-order valence-electron chi connectivity index (χ2n) is 6.41. The lowest BCUT2D eigenvalue weighted by Crippen LogP contribution is -2.14. The number of nitrogens with one attached hydrogen (secondary N) is 1. The molecule has 6 nitrogen and oxygen atoms in total. The van der Waals surface area contributed by atoms with Crippen LogP contribution in [0.2, 0.25) is 0 Å². The van der Waals surface area contributed by atoms with E-state index < -0.39 is 5.97 Å². The van der Waals surface area contributed by atoms with E-state index in [0.29, 0.717) is 24.1 Å². The molecule has 138 valence electrons. The second-order valence-corrected chi connectivity index (χ2v) is 6.41. The van der Waals surface area contributed by atoms with Crippen LogP contribution < -0.4 is 0 Å². The molecule has 4 aromatic rings. The molecule has 4 rings (SSSR count).